The lowest BCUT2D eigenvalue weighted by molar-refractivity contribution is 0.415. The fraction of sp³-hybridized carbons (Fsp3) is 0.360. The van der Waals surface area contributed by atoms with Gasteiger partial charge in [-0.1, -0.05) is 18.2 Å². The lowest BCUT2D eigenvalue weighted by atomic mass is 10.2. The van der Waals surface area contributed by atoms with Gasteiger partial charge in [0.05, 0.1) is 7.11 Å². The molecule has 2 aromatic carbocycles. The van der Waals surface area contributed by atoms with Gasteiger partial charge in [-0.05, 0) is 36.4 Å². The zero-order valence-corrected chi connectivity index (χ0v) is 19.1. The van der Waals surface area contributed by atoms with Gasteiger partial charge in [0, 0.05) is 63.7 Å². The molecule has 0 atom stereocenters. The monoisotopic (exact) mass is 445 g/mol. The van der Waals surface area contributed by atoms with Crippen LogP contribution in [0.1, 0.15) is 0 Å². The Morgan fingerprint density at radius 2 is 1.09 bits per heavy atom. The molecule has 1 aromatic heterocycles. The van der Waals surface area contributed by atoms with E-state index in [4.69, 9.17) is 10.5 Å². The summed E-state index contributed by atoms with van der Waals surface area (Å²) in [5.41, 5.74) is 9.78. The number of rotatable bonds is 5. The normalized spacial score (nSPS) is 16.8. The Morgan fingerprint density at radius 3 is 1.58 bits per heavy atom. The summed E-state index contributed by atoms with van der Waals surface area (Å²) in [5, 5.41) is 0. The largest absolute Gasteiger partial charge is 0.497 e. The highest BCUT2D eigenvalue weighted by Crippen LogP contribution is 2.31. The minimum atomic E-state index is 0.684. The SMILES string of the molecule is COc1ccc(N2CCN(c3ncnc(N4CCN(c5ccccc5)CC4)c3N)CC2)cc1. The van der Waals surface area contributed by atoms with Crippen LogP contribution in [0, 0.1) is 0 Å². The number of anilines is 5. The summed E-state index contributed by atoms with van der Waals surface area (Å²) in [5.74, 6) is 2.58. The molecule has 0 aliphatic carbocycles. The van der Waals surface area contributed by atoms with Crippen LogP contribution in [-0.4, -0.2) is 69.4 Å². The lowest BCUT2D eigenvalue weighted by Gasteiger charge is -2.39. The number of nitrogen functional groups attached to an aromatic ring is 1. The first-order valence-electron chi connectivity index (χ1n) is 11.5. The maximum Gasteiger partial charge on any atom is 0.157 e. The van der Waals surface area contributed by atoms with Crippen LogP contribution in [0.25, 0.3) is 0 Å². The van der Waals surface area contributed by atoms with Gasteiger partial charge in [-0.2, -0.15) is 0 Å². The molecule has 5 rings (SSSR count). The molecule has 33 heavy (non-hydrogen) atoms. The molecule has 0 unspecified atom stereocenters. The molecule has 8 nitrogen and oxygen atoms in total. The van der Waals surface area contributed by atoms with E-state index in [1.807, 2.05) is 12.1 Å². The minimum absolute atomic E-state index is 0.684. The van der Waals surface area contributed by atoms with Crippen LogP contribution in [0.5, 0.6) is 5.75 Å². The summed E-state index contributed by atoms with van der Waals surface area (Å²) in [4.78, 5) is 18.5. The Labute approximate surface area is 195 Å². The average molecular weight is 446 g/mol. The number of hydrogen-bond donors (Lipinski definition) is 1. The maximum absolute atomic E-state index is 6.62. The first-order chi connectivity index (χ1) is 16.2. The molecular weight excluding hydrogens is 414 g/mol. The third-order valence-electron chi connectivity index (χ3n) is 6.56. The molecule has 2 aliphatic heterocycles. The van der Waals surface area contributed by atoms with E-state index < -0.39 is 0 Å². The van der Waals surface area contributed by atoms with Crippen LogP contribution >= 0.6 is 0 Å². The van der Waals surface area contributed by atoms with Crippen LogP contribution in [0.3, 0.4) is 0 Å². The van der Waals surface area contributed by atoms with Crippen molar-refractivity contribution in [3.63, 3.8) is 0 Å². The Bertz CT molecular complexity index is 1040. The Hall–Kier alpha value is -3.68. The molecule has 2 fully saturated rings. The van der Waals surface area contributed by atoms with Gasteiger partial charge in [0.2, 0.25) is 0 Å². The standard InChI is InChI=1S/C25H31N7O/c1-33-22-9-7-21(8-10-22)30-13-17-32(18-14-30)25-23(26)24(27-19-28-25)31-15-11-29(12-16-31)20-5-3-2-4-6-20/h2-10,19H,11-18,26H2,1H3. The van der Waals surface area contributed by atoms with E-state index in [0.717, 1.165) is 69.7 Å². The molecule has 2 N–H and O–H groups in total. The number of nitrogens with zero attached hydrogens (tertiary/aromatic N) is 6. The number of aromatic nitrogens is 2. The van der Waals surface area contributed by atoms with Crippen LogP contribution in [-0.2, 0) is 0 Å². The van der Waals surface area contributed by atoms with Crippen LogP contribution < -0.4 is 30.1 Å². The van der Waals surface area contributed by atoms with Crippen molar-refractivity contribution < 1.29 is 4.74 Å². The van der Waals surface area contributed by atoms with E-state index in [-0.39, 0.29) is 0 Å². The van der Waals surface area contributed by atoms with Crippen LogP contribution in [0.2, 0.25) is 0 Å². The molecule has 8 heteroatoms. The molecule has 172 valence electrons. The van der Waals surface area contributed by atoms with Gasteiger partial charge in [-0.15, -0.1) is 0 Å². The lowest BCUT2D eigenvalue weighted by Crippen LogP contribution is -2.48. The van der Waals surface area contributed by atoms with Gasteiger partial charge in [-0.25, -0.2) is 9.97 Å². The summed E-state index contributed by atoms with van der Waals surface area (Å²) in [6.07, 6.45) is 1.65. The average Bonchev–Trinajstić information content (AvgIpc) is 2.90. The fourth-order valence-corrected chi connectivity index (χ4v) is 4.67. The van der Waals surface area contributed by atoms with Crippen molar-refractivity contribution >= 4 is 28.7 Å². The summed E-state index contributed by atoms with van der Waals surface area (Å²) in [7, 11) is 1.69. The van der Waals surface area contributed by atoms with Crippen molar-refractivity contribution in [2.45, 2.75) is 0 Å². The van der Waals surface area contributed by atoms with E-state index in [0.29, 0.717) is 5.69 Å². The number of nitrogens with two attached hydrogens (primary N) is 1. The first kappa shape index (κ1) is 21.2. The molecule has 0 radical (unpaired) electrons. The smallest absolute Gasteiger partial charge is 0.157 e. The predicted octanol–water partition coefficient (Wildman–Crippen LogP) is 2.72. The minimum Gasteiger partial charge on any atom is -0.497 e. The molecule has 0 amide bonds. The van der Waals surface area contributed by atoms with Crippen molar-refractivity contribution in [2.24, 2.45) is 0 Å². The molecule has 2 aliphatic rings. The Balaban J connectivity index is 1.23. The molecule has 3 aromatic rings. The number of hydrogen-bond acceptors (Lipinski definition) is 8. The van der Waals surface area contributed by atoms with Gasteiger partial charge in [0.15, 0.2) is 11.6 Å². The van der Waals surface area contributed by atoms with Crippen molar-refractivity contribution in [2.75, 3.05) is 84.8 Å². The quantitative estimate of drug-likeness (QED) is 0.643. The topological polar surface area (TPSA) is 74.0 Å². The fourth-order valence-electron chi connectivity index (χ4n) is 4.67. The van der Waals surface area contributed by atoms with E-state index in [9.17, 15) is 0 Å². The second-order valence-electron chi connectivity index (χ2n) is 8.42. The van der Waals surface area contributed by atoms with Crippen molar-refractivity contribution in [3.05, 3.63) is 60.9 Å². The summed E-state index contributed by atoms with van der Waals surface area (Å²) >= 11 is 0. The van der Waals surface area contributed by atoms with Gasteiger partial charge >= 0.3 is 0 Å². The second-order valence-corrected chi connectivity index (χ2v) is 8.42. The van der Waals surface area contributed by atoms with Gasteiger partial charge in [-0.3, -0.25) is 0 Å². The van der Waals surface area contributed by atoms with E-state index >= 15 is 0 Å². The highest BCUT2D eigenvalue weighted by atomic mass is 16.5. The number of piperazine rings is 2. The molecule has 0 spiro atoms. The van der Waals surface area contributed by atoms with Crippen LogP contribution in [0.4, 0.5) is 28.7 Å². The number of methoxy groups -OCH3 is 1. The molecule has 0 bridgehead atoms. The molecule has 2 saturated heterocycles. The summed E-state index contributed by atoms with van der Waals surface area (Å²) < 4.78 is 5.27. The van der Waals surface area contributed by atoms with E-state index in [2.05, 4.69) is 72.0 Å². The second kappa shape index (κ2) is 9.44. The number of ether oxygens (including phenoxy) is 1. The van der Waals surface area contributed by atoms with E-state index in [1.54, 1.807) is 13.4 Å². The third kappa shape index (κ3) is 4.46. The van der Waals surface area contributed by atoms with Gasteiger partial charge < -0.3 is 30.1 Å². The number of para-hydroxylation sites is 1. The third-order valence-corrected chi connectivity index (χ3v) is 6.56. The van der Waals surface area contributed by atoms with E-state index in [1.165, 1.54) is 11.4 Å². The van der Waals surface area contributed by atoms with Crippen LogP contribution in [0.15, 0.2) is 60.9 Å². The zero-order chi connectivity index (χ0) is 22.6. The summed E-state index contributed by atoms with van der Waals surface area (Å²) in [6, 6.07) is 18.8. The zero-order valence-electron chi connectivity index (χ0n) is 19.1. The Morgan fingerprint density at radius 1 is 0.636 bits per heavy atom. The van der Waals surface area contributed by atoms with Gasteiger partial charge in [0.1, 0.15) is 17.8 Å². The van der Waals surface area contributed by atoms with Crippen molar-refractivity contribution in [1.82, 2.24) is 9.97 Å². The van der Waals surface area contributed by atoms with Gasteiger partial charge in [0.25, 0.3) is 0 Å². The predicted molar refractivity (Wildman–Crippen MR) is 135 cm³/mol. The molecular formula is C25H31N7O. The highest BCUT2D eigenvalue weighted by Gasteiger charge is 2.25. The van der Waals surface area contributed by atoms with Crippen molar-refractivity contribution in [1.29, 1.82) is 0 Å². The molecule has 0 saturated carbocycles. The maximum atomic E-state index is 6.62. The Kier molecular flexibility index (Phi) is 6.06. The summed E-state index contributed by atoms with van der Waals surface area (Å²) in [6.45, 7) is 7.25. The highest BCUT2D eigenvalue weighted by molar-refractivity contribution is 5.76. The molecule has 3 heterocycles. The van der Waals surface area contributed by atoms with Crippen molar-refractivity contribution in [3.8, 4) is 5.75 Å². The number of benzene rings is 2. The first-order valence-corrected chi connectivity index (χ1v) is 11.5.